The lowest BCUT2D eigenvalue weighted by Crippen LogP contribution is -2.43. The number of hydrogen-bond acceptors (Lipinski definition) is 3. The molecule has 0 aromatic heterocycles. The topological polar surface area (TPSA) is 32.7 Å². The normalized spacial score (nSPS) is 21.7. The van der Waals surface area contributed by atoms with Gasteiger partial charge in [0.1, 0.15) is 5.82 Å². The molecule has 1 unspecified atom stereocenters. The molecule has 17 heavy (non-hydrogen) atoms. The van der Waals surface area contributed by atoms with Gasteiger partial charge in [-0.1, -0.05) is 15.9 Å². The van der Waals surface area contributed by atoms with E-state index in [4.69, 9.17) is 9.84 Å². The van der Waals surface area contributed by atoms with Crippen molar-refractivity contribution in [3.8, 4) is 0 Å². The van der Waals surface area contributed by atoms with Crippen LogP contribution in [0.3, 0.4) is 0 Å². The SMILES string of the molecule is OCC1CN(Cc2cc(F)ccc2Br)CCO1. The maximum Gasteiger partial charge on any atom is 0.123 e. The van der Waals surface area contributed by atoms with Gasteiger partial charge in [0, 0.05) is 24.1 Å². The lowest BCUT2D eigenvalue weighted by Gasteiger charge is -2.32. The smallest absolute Gasteiger partial charge is 0.123 e. The highest BCUT2D eigenvalue weighted by molar-refractivity contribution is 9.10. The molecule has 3 nitrogen and oxygen atoms in total. The predicted molar refractivity (Wildman–Crippen MR) is 66.2 cm³/mol. The number of aliphatic hydroxyl groups excluding tert-OH is 1. The first kappa shape index (κ1) is 13.0. The van der Waals surface area contributed by atoms with Gasteiger partial charge in [0.25, 0.3) is 0 Å². The van der Waals surface area contributed by atoms with Gasteiger partial charge in [-0.25, -0.2) is 4.39 Å². The van der Waals surface area contributed by atoms with Crippen molar-refractivity contribution in [2.45, 2.75) is 12.6 Å². The van der Waals surface area contributed by atoms with Gasteiger partial charge in [0.15, 0.2) is 0 Å². The fraction of sp³-hybridized carbons (Fsp3) is 0.500. The van der Waals surface area contributed by atoms with Gasteiger partial charge >= 0.3 is 0 Å². The van der Waals surface area contributed by atoms with Crippen LogP contribution in [0.25, 0.3) is 0 Å². The summed E-state index contributed by atoms with van der Waals surface area (Å²) in [4.78, 5) is 2.16. The second-order valence-corrected chi connectivity index (χ2v) is 5.00. The van der Waals surface area contributed by atoms with Crippen LogP contribution in [0.1, 0.15) is 5.56 Å². The Hall–Kier alpha value is -0.490. The Morgan fingerprint density at radius 1 is 1.53 bits per heavy atom. The molecule has 1 saturated heterocycles. The summed E-state index contributed by atoms with van der Waals surface area (Å²) in [5.74, 6) is -0.227. The van der Waals surface area contributed by atoms with Crippen LogP contribution in [0.4, 0.5) is 4.39 Å². The summed E-state index contributed by atoms with van der Waals surface area (Å²) in [5, 5.41) is 9.05. The van der Waals surface area contributed by atoms with Crippen molar-refractivity contribution in [1.29, 1.82) is 0 Å². The van der Waals surface area contributed by atoms with Crippen LogP contribution >= 0.6 is 15.9 Å². The van der Waals surface area contributed by atoms with E-state index in [1.165, 1.54) is 12.1 Å². The van der Waals surface area contributed by atoms with Gasteiger partial charge in [0.2, 0.25) is 0 Å². The molecule has 0 bridgehead atoms. The zero-order chi connectivity index (χ0) is 12.3. The van der Waals surface area contributed by atoms with Crippen LogP contribution in [0.5, 0.6) is 0 Å². The van der Waals surface area contributed by atoms with Crippen molar-refractivity contribution in [2.24, 2.45) is 0 Å². The van der Waals surface area contributed by atoms with E-state index in [2.05, 4.69) is 20.8 Å². The maximum atomic E-state index is 13.1. The Bertz CT molecular complexity index is 389. The van der Waals surface area contributed by atoms with Crippen molar-refractivity contribution < 1.29 is 14.2 Å². The molecule has 1 atom stereocenters. The molecule has 2 rings (SSSR count). The summed E-state index contributed by atoms with van der Waals surface area (Å²) in [5.41, 5.74) is 0.920. The summed E-state index contributed by atoms with van der Waals surface area (Å²) in [6.45, 7) is 2.79. The average molecular weight is 304 g/mol. The van der Waals surface area contributed by atoms with Gasteiger partial charge in [-0.2, -0.15) is 0 Å². The first-order chi connectivity index (χ1) is 8.19. The second-order valence-electron chi connectivity index (χ2n) is 4.15. The molecule has 1 aliphatic heterocycles. The molecule has 5 heteroatoms. The van der Waals surface area contributed by atoms with Crippen molar-refractivity contribution >= 4 is 15.9 Å². The molecular formula is C12H15BrFNO2. The third-order valence-electron chi connectivity index (χ3n) is 2.83. The van der Waals surface area contributed by atoms with E-state index in [0.29, 0.717) is 19.7 Å². The molecule has 0 amide bonds. The number of morpholine rings is 1. The first-order valence-corrected chi connectivity index (χ1v) is 6.37. The van der Waals surface area contributed by atoms with Crippen molar-refractivity contribution in [1.82, 2.24) is 4.90 Å². The maximum absolute atomic E-state index is 13.1. The van der Waals surface area contributed by atoms with Crippen LogP contribution in [0, 0.1) is 5.82 Å². The van der Waals surface area contributed by atoms with Gasteiger partial charge in [-0.3, -0.25) is 4.90 Å². The number of hydrogen-bond donors (Lipinski definition) is 1. The Labute approximate surface area is 108 Å². The van der Waals surface area contributed by atoms with E-state index >= 15 is 0 Å². The number of halogens is 2. The first-order valence-electron chi connectivity index (χ1n) is 5.58. The lowest BCUT2D eigenvalue weighted by molar-refractivity contribution is -0.0551. The van der Waals surface area contributed by atoms with E-state index in [0.717, 1.165) is 16.6 Å². The Morgan fingerprint density at radius 3 is 3.12 bits per heavy atom. The van der Waals surface area contributed by atoms with Crippen LogP contribution in [0.2, 0.25) is 0 Å². The predicted octanol–water partition coefficient (Wildman–Crippen LogP) is 1.78. The monoisotopic (exact) mass is 303 g/mol. The average Bonchev–Trinajstić information content (AvgIpc) is 2.34. The van der Waals surface area contributed by atoms with Crippen molar-refractivity contribution in [3.63, 3.8) is 0 Å². The Morgan fingerprint density at radius 2 is 2.35 bits per heavy atom. The molecular weight excluding hydrogens is 289 g/mol. The molecule has 94 valence electrons. The van der Waals surface area contributed by atoms with Gasteiger partial charge in [-0.05, 0) is 23.8 Å². The fourth-order valence-corrected chi connectivity index (χ4v) is 2.31. The highest BCUT2D eigenvalue weighted by atomic mass is 79.9. The minimum absolute atomic E-state index is 0.0286. The zero-order valence-corrected chi connectivity index (χ0v) is 11.0. The number of aliphatic hydroxyl groups is 1. The number of benzene rings is 1. The van der Waals surface area contributed by atoms with E-state index in [1.807, 2.05) is 0 Å². The molecule has 1 heterocycles. The van der Waals surface area contributed by atoms with Gasteiger partial charge in [0.05, 0.1) is 19.3 Å². The molecule has 0 spiro atoms. The third kappa shape index (κ3) is 3.48. The molecule has 0 radical (unpaired) electrons. The van der Waals surface area contributed by atoms with E-state index in [1.54, 1.807) is 6.07 Å². The third-order valence-corrected chi connectivity index (χ3v) is 3.60. The van der Waals surface area contributed by atoms with Crippen molar-refractivity contribution in [3.05, 3.63) is 34.1 Å². The number of rotatable bonds is 3. The zero-order valence-electron chi connectivity index (χ0n) is 9.40. The highest BCUT2D eigenvalue weighted by Gasteiger charge is 2.20. The molecule has 1 aromatic rings. The van der Waals surface area contributed by atoms with Gasteiger partial charge in [-0.15, -0.1) is 0 Å². The standard InChI is InChI=1S/C12H15BrFNO2/c13-12-2-1-10(14)5-9(12)6-15-3-4-17-11(7-15)8-16/h1-2,5,11,16H,3-4,6-8H2. The Balaban J connectivity index is 2.02. The molecule has 1 N–H and O–H groups in total. The highest BCUT2D eigenvalue weighted by Crippen LogP contribution is 2.20. The van der Waals surface area contributed by atoms with Crippen molar-refractivity contribution in [2.75, 3.05) is 26.3 Å². The molecule has 1 fully saturated rings. The summed E-state index contributed by atoms with van der Waals surface area (Å²) < 4.78 is 19.4. The molecule has 0 saturated carbocycles. The summed E-state index contributed by atoms with van der Waals surface area (Å²) in [7, 11) is 0. The summed E-state index contributed by atoms with van der Waals surface area (Å²) in [6.07, 6.45) is -0.129. The van der Waals surface area contributed by atoms with Gasteiger partial charge < -0.3 is 9.84 Å². The van der Waals surface area contributed by atoms with Crippen LogP contribution in [0.15, 0.2) is 22.7 Å². The number of nitrogens with zero attached hydrogens (tertiary/aromatic N) is 1. The molecule has 0 aliphatic carbocycles. The largest absolute Gasteiger partial charge is 0.394 e. The van der Waals surface area contributed by atoms with E-state index < -0.39 is 0 Å². The Kier molecular flexibility index (Phi) is 4.50. The minimum atomic E-state index is -0.227. The quantitative estimate of drug-likeness (QED) is 0.924. The summed E-state index contributed by atoms with van der Waals surface area (Å²) >= 11 is 3.42. The molecule has 1 aliphatic rings. The van der Waals surface area contributed by atoms with E-state index in [-0.39, 0.29) is 18.5 Å². The minimum Gasteiger partial charge on any atom is -0.394 e. The summed E-state index contributed by atoms with van der Waals surface area (Å²) in [6, 6.07) is 4.69. The fourth-order valence-electron chi connectivity index (χ4n) is 1.94. The van der Waals surface area contributed by atoms with Crippen LogP contribution in [-0.2, 0) is 11.3 Å². The molecule has 1 aromatic carbocycles. The van der Waals surface area contributed by atoms with Crippen LogP contribution < -0.4 is 0 Å². The number of ether oxygens (including phenoxy) is 1. The van der Waals surface area contributed by atoms with Crippen LogP contribution in [-0.4, -0.2) is 42.4 Å². The van der Waals surface area contributed by atoms with E-state index in [9.17, 15) is 4.39 Å². The lowest BCUT2D eigenvalue weighted by atomic mass is 10.2. The second kappa shape index (κ2) is 5.91.